The van der Waals surface area contributed by atoms with Gasteiger partial charge in [-0.2, -0.15) is 0 Å². The van der Waals surface area contributed by atoms with E-state index in [-0.39, 0.29) is 11.9 Å². The van der Waals surface area contributed by atoms with E-state index in [9.17, 15) is 4.79 Å². The average molecular weight is 354 g/mol. The summed E-state index contributed by atoms with van der Waals surface area (Å²) in [6.45, 7) is 5.44. The van der Waals surface area contributed by atoms with Gasteiger partial charge in [-0.1, -0.05) is 0 Å². The number of carbonyl (C=O) groups is 1. The summed E-state index contributed by atoms with van der Waals surface area (Å²) < 4.78 is 11.3. The van der Waals surface area contributed by atoms with E-state index in [1.807, 2.05) is 31.2 Å². The van der Waals surface area contributed by atoms with Gasteiger partial charge in [0.2, 0.25) is 0 Å². The van der Waals surface area contributed by atoms with Crippen LogP contribution >= 0.6 is 0 Å². The number of nitrogens with zero attached hydrogens (tertiary/aromatic N) is 2. The Bertz CT molecular complexity index is 895. The second-order valence-electron chi connectivity index (χ2n) is 6.46. The third-order valence-corrected chi connectivity index (χ3v) is 4.71. The number of aryl methyl sites for hydroxylation is 1. The van der Waals surface area contributed by atoms with E-state index in [0.29, 0.717) is 25.3 Å². The van der Waals surface area contributed by atoms with Crippen molar-refractivity contribution in [1.29, 1.82) is 0 Å². The number of carbonyl (C=O) groups excluding carboxylic acids is 1. The number of ether oxygens (including phenoxy) is 1. The van der Waals surface area contributed by atoms with E-state index in [1.165, 1.54) is 0 Å². The molecule has 0 unspecified atom stereocenters. The van der Waals surface area contributed by atoms with Gasteiger partial charge in [0.25, 0.3) is 5.91 Å². The summed E-state index contributed by atoms with van der Waals surface area (Å²) >= 11 is 0. The number of imidazole rings is 1. The van der Waals surface area contributed by atoms with Crippen LogP contribution in [-0.2, 0) is 4.74 Å². The van der Waals surface area contributed by atoms with Crippen LogP contribution in [0, 0.1) is 6.92 Å². The Hall–Kier alpha value is -2.64. The minimum atomic E-state index is -0.108. The van der Waals surface area contributed by atoms with Crippen LogP contribution in [0.4, 0.5) is 0 Å². The zero-order valence-electron chi connectivity index (χ0n) is 14.7. The fourth-order valence-electron chi connectivity index (χ4n) is 3.30. The van der Waals surface area contributed by atoms with Gasteiger partial charge in [0.1, 0.15) is 11.5 Å². The lowest BCUT2D eigenvalue weighted by molar-refractivity contribution is 0.0117. The Morgan fingerprint density at radius 2 is 2.15 bits per heavy atom. The summed E-state index contributed by atoms with van der Waals surface area (Å²) in [5, 5.41) is 3.05. The molecular formula is C19H22N4O3. The second-order valence-corrected chi connectivity index (χ2v) is 6.46. The summed E-state index contributed by atoms with van der Waals surface area (Å²) in [6, 6.07) is 9.38. The SMILES string of the molecule is Cc1ccc([C@@H](CNC(=O)c2ccc3nc[nH]c3c2)N2CCOCC2)o1. The van der Waals surface area contributed by atoms with Crippen molar-refractivity contribution in [1.82, 2.24) is 20.2 Å². The number of aromatic nitrogens is 2. The minimum Gasteiger partial charge on any atom is -0.465 e. The highest BCUT2D eigenvalue weighted by Gasteiger charge is 2.25. The van der Waals surface area contributed by atoms with Gasteiger partial charge >= 0.3 is 0 Å². The molecule has 2 N–H and O–H groups in total. The highest BCUT2D eigenvalue weighted by Crippen LogP contribution is 2.23. The first kappa shape index (κ1) is 16.8. The summed E-state index contributed by atoms with van der Waals surface area (Å²) in [5.74, 6) is 1.63. The van der Waals surface area contributed by atoms with Crippen LogP contribution in [0.2, 0.25) is 0 Å². The quantitative estimate of drug-likeness (QED) is 0.734. The topological polar surface area (TPSA) is 83.4 Å². The predicted octanol–water partition coefficient (Wildman–Crippen LogP) is 2.27. The molecule has 2 aromatic heterocycles. The molecular weight excluding hydrogens is 332 g/mol. The molecule has 1 saturated heterocycles. The van der Waals surface area contributed by atoms with Crippen molar-refractivity contribution in [3.8, 4) is 0 Å². The van der Waals surface area contributed by atoms with Gasteiger partial charge < -0.3 is 19.5 Å². The maximum atomic E-state index is 12.6. The van der Waals surface area contributed by atoms with Crippen LogP contribution in [0.1, 0.15) is 27.9 Å². The maximum Gasteiger partial charge on any atom is 0.251 e. The fraction of sp³-hybridized carbons (Fsp3) is 0.368. The number of morpholine rings is 1. The van der Waals surface area contributed by atoms with Crippen LogP contribution in [0.3, 0.4) is 0 Å². The normalized spacial score (nSPS) is 16.7. The second kappa shape index (κ2) is 7.31. The van der Waals surface area contributed by atoms with Crippen LogP contribution in [0.15, 0.2) is 41.1 Å². The first-order valence-corrected chi connectivity index (χ1v) is 8.80. The highest BCUT2D eigenvalue weighted by atomic mass is 16.5. The van der Waals surface area contributed by atoms with Crippen molar-refractivity contribution in [2.45, 2.75) is 13.0 Å². The molecule has 3 aromatic rings. The van der Waals surface area contributed by atoms with Crippen molar-refractivity contribution in [3.63, 3.8) is 0 Å². The number of aromatic amines is 1. The van der Waals surface area contributed by atoms with Gasteiger partial charge in [-0.05, 0) is 37.3 Å². The van der Waals surface area contributed by atoms with Crippen molar-refractivity contribution < 1.29 is 13.9 Å². The lowest BCUT2D eigenvalue weighted by Crippen LogP contribution is -2.43. The fourth-order valence-corrected chi connectivity index (χ4v) is 3.30. The Morgan fingerprint density at radius 1 is 1.31 bits per heavy atom. The number of fused-ring (bicyclic) bond motifs is 1. The molecule has 7 nitrogen and oxygen atoms in total. The zero-order valence-corrected chi connectivity index (χ0v) is 14.7. The number of amides is 1. The van der Waals surface area contributed by atoms with E-state index in [2.05, 4.69) is 20.2 Å². The van der Waals surface area contributed by atoms with Gasteiger partial charge in [-0.25, -0.2) is 4.98 Å². The van der Waals surface area contributed by atoms with Gasteiger partial charge in [-0.3, -0.25) is 9.69 Å². The molecule has 0 spiro atoms. The van der Waals surface area contributed by atoms with Gasteiger partial charge in [0.15, 0.2) is 0 Å². The Morgan fingerprint density at radius 3 is 2.92 bits per heavy atom. The first-order chi connectivity index (χ1) is 12.7. The maximum absolute atomic E-state index is 12.6. The van der Waals surface area contributed by atoms with E-state index in [4.69, 9.17) is 9.15 Å². The molecule has 1 aliphatic heterocycles. The third-order valence-electron chi connectivity index (χ3n) is 4.71. The number of rotatable bonds is 5. The van der Waals surface area contributed by atoms with Crippen molar-refractivity contribution in [2.75, 3.05) is 32.8 Å². The molecule has 26 heavy (non-hydrogen) atoms. The lowest BCUT2D eigenvalue weighted by Gasteiger charge is -2.33. The molecule has 1 atom stereocenters. The third kappa shape index (κ3) is 3.49. The highest BCUT2D eigenvalue weighted by molar-refractivity contribution is 5.97. The van der Waals surface area contributed by atoms with Gasteiger partial charge in [0, 0.05) is 25.2 Å². The molecule has 3 heterocycles. The molecule has 0 aliphatic carbocycles. The van der Waals surface area contributed by atoms with Gasteiger partial charge in [-0.15, -0.1) is 0 Å². The Kier molecular flexibility index (Phi) is 4.73. The van der Waals surface area contributed by atoms with E-state index >= 15 is 0 Å². The molecule has 1 aromatic carbocycles. The van der Waals surface area contributed by atoms with Crippen LogP contribution < -0.4 is 5.32 Å². The number of hydrogen-bond donors (Lipinski definition) is 2. The standard InChI is InChI=1S/C19H22N4O3/c1-13-2-5-18(26-13)17(23-6-8-25-9-7-23)11-20-19(24)14-3-4-15-16(10-14)22-12-21-15/h2-5,10,12,17H,6-9,11H2,1H3,(H,20,24)(H,21,22)/t17-/m1/s1. The summed E-state index contributed by atoms with van der Waals surface area (Å²) in [4.78, 5) is 22.1. The molecule has 0 radical (unpaired) electrons. The number of hydrogen-bond acceptors (Lipinski definition) is 5. The molecule has 1 amide bonds. The van der Waals surface area contributed by atoms with Crippen LogP contribution in [0.5, 0.6) is 0 Å². The number of H-pyrrole nitrogens is 1. The zero-order chi connectivity index (χ0) is 17.9. The monoisotopic (exact) mass is 354 g/mol. The van der Waals surface area contributed by atoms with Crippen LogP contribution in [0.25, 0.3) is 11.0 Å². The molecule has 1 aliphatic rings. The Labute approximate surface area is 151 Å². The molecule has 7 heteroatoms. The molecule has 0 bridgehead atoms. The summed E-state index contributed by atoms with van der Waals surface area (Å²) in [6.07, 6.45) is 1.63. The van der Waals surface area contributed by atoms with E-state index in [1.54, 1.807) is 12.4 Å². The van der Waals surface area contributed by atoms with Crippen molar-refractivity contribution >= 4 is 16.9 Å². The molecule has 136 valence electrons. The van der Waals surface area contributed by atoms with Crippen molar-refractivity contribution in [3.05, 3.63) is 53.7 Å². The molecule has 0 saturated carbocycles. The Balaban J connectivity index is 1.48. The number of benzene rings is 1. The summed E-state index contributed by atoms with van der Waals surface area (Å²) in [5.41, 5.74) is 2.31. The average Bonchev–Trinajstić information content (AvgIpc) is 3.31. The number of furan rings is 1. The largest absolute Gasteiger partial charge is 0.465 e. The molecule has 4 rings (SSSR count). The van der Waals surface area contributed by atoms with E-state index < -0.39 is 0 Å². The van der Waals surface area contributed by atoms with Crippen LogP contribution in [-0.4, -0.2) is 53.6 Å². The predicted molar refractivity (Wildman–Crippen MR) is 97.0 cm³/mol. The minimum absolute atomic E-state index is 0.00700. The summed E-state index contributed by atoms with van der Waals surface area (Å²) in [7, 11) is 0. The lowest BCUT2D eigenvalue weighted by atomic mass is 10.1. The van der Waals surface area contributed by atoms with Crippen molar-refractivity contribution in [2.24, 2.45) is 0 Å². The van der Waals surface area contributed by atoms with Gasteiger partial charge in [0.05, 0.1) is 36.6 Å². The van der Waals surface area contributed by atoms with E-state index in [0.717, 1.165) is 35.6 Å². The first-order valence-electron chi connectivity index (χ1n) is 8.80. The smallest absolute Gasteiger partial charge is 0.251 e. The molecule has 1 fully saturated rings. The number of nitrogens with one attached hydrogen (secondary N) is 2.